The summed E-state index contributed by atoms with van der Waals surface area (Å²) < 4.78 is 43.5. The quantitative estimate of drug-likeness (QED) is 0.591. The van der Waals surface area contributed by atoms with Crippen molar-refractivity contribution in [2.45, 2.75) is 31.5 Å². The highest BCUT2D eigenvalue weighted by Gasteiger charge is 2.44. The Morgan fingerprint density at radius 3 is 2.44 bits per heavy atom. The second-order valence-electron chi connectivity index (χ2n) is 6.67. The summed E-state index contributed by atoms with van der Waals surface area (Å²) >= 11 is 0. The van der Waals surface area contributed by atoms with E-state index in [0.29, 0.717) is 25.9 Å². The molecule has 27 heavy (non-hydrogen) atoms. The van der Waals surface area contributed by atoms with Crippen LogP contribution in [0.3, 0.4) is 0 Å². The van der Waals surface area contributed by atoms with Crippen molar-refractivity contribution in [3.05, 3.63) is 29.8 Å². The summed E-state index contributed by atoms with van der Waals surface area (Å²) in [4.78, 5) is 39.3. The zero-order chi connectivity index (χ0) is 19.8. The highest BCUT2D eigenvalue weighted by Crippen LogP contribution is 2.34. The molecular formula is C18H19F3N2O4. The zero-order valence-electron chi connectivity index (χ0n) is 14.7. The summed E-state index contributed by atoms with van der Waals surface area (Å²) in [5.74, 6) is -1.60. The zero-order valence-corrected chi connectivity index (χ0v) is 14.7. The van der Waals surface area contributed by atoms with Crippen molar-refractivity contribution in [3.8, 4) is 0 Å². The maximum Gasteiger partial charge on any atom is 0.416 e. The van der Waals surface area contributed by atoms with Crippen molar-refractivity contribution in [2.75, 3.05) is 25.1 Å². The largest absolute Gasteiger partial charge is 0.469 e. The molecule has 0 aromatic heterocycles. The molecule has 2 saturated heterocycles. The second-order valence-corrected chi connectivity index (χ2v) is 6.67. The number of carbonyl (C=O) groups excluding carboxylic acids is 3. The summed E-state index contributed by atoms with van der Waals surface area (Å²) in [6.45, 7) is 0.889. The molecule has 146 valence electrons. The van der Waals surface area contributed by atoms with Gasteiger partial charge in [-0.1, -0.05) is 6.07 Å². The van der Waals surface area contributed by atoms with Crippen LogP contribution in [0.1, 0.15) is 24.8 Å². The second kappa shape index (κ2) is 7.30. The Bertz CT molecular complexity index is 757. The summed E-state index contributed by atoms with van der Waals surface area (Å²) in [5, 5.41) is 0. The highest BCUT2D eigenvalue weighted by molar-refractivity contribution is 6.22. The van der Waals surface area contributed by atoms with Crippen molar-refractivity contribution in [3.63, 3.8) is 0 Å². The van der Waals surface area contributed by atoms with Crippen LogP contribution in [0.2, 0.25) is 0 Å². The van der Waals surface area contributed by atoms with Crippen LogP contribution in [-0.2, 0) is 25.3 Å². The minimum atomic E-state index is -4.56. The van der Waals surface area contributed by atoms with E-state index in [9.17, 15) is 27.6 Å². The number of imide groups is 1. The third-order valence-electron chi connectivity index (χ3n) is 5.06. The Morgan fingerprint density at radius 1 is 1.19 bits per heavy atom. The van der Waals surface area contributed by atoms with E-state index < -0.39 is 29.6 Å². The van der Waals surface area contributed by atoms with E-state index in [2.05, 4.69) is 0 Å². The van der Waals surface area contributed by atoms with Gasteiger partial charge in [-0.25, -0.2) is 4.90 Å². The lowest BCUT2D eigenvalue weighted by Gasteiger charge is -2.33. The third-order valence-corrected chi connectivity index (χ3v) is 5.06. The maximum atomic E-state index is 12.9. The van der Waals surface area contributed by atoms with Crippen LogP contribution in [0.15, 0.2) is 24.3 Å². The Morgan fingerprint density at radius 2 is 1.85 bits per heavy atom. The maximum absolute atomic E-state index is 12.9. The molecule has 2 amide bonds. The first-order valence-electron chi connectivity index (χ1n) is 8.58. The molecule has 2 fully saturated rings. The number of benzene rings is 1. The van der Waals surface area contributed by atoms with Crippen LogP contribution < -0.4 is 4.90 Å². The number of ether oxygens (including phenoxy) is 1. The van der Waals surface area contributed by atoms with Gasteiger partial charge in [0.1, 0.15) is 0 Å². The van der Waals surface area contributed by atoms with Crippen LogP contribution >= 0.6 is 0 Å². The Balaban J connectivity index is 1.74. The van der Waals surface area contributed by atoms with Gasteiger partial charge in [-0.15, -0.1) is 0 Å². The van der Waals surface area contributed by atoms with Crippen LogP contribution in [0.4, 0.5) is 18.9 Å². The monoisotopic (exact) mass is 384 g/mol. The Hall–Kier alpha value is -2.42. The van der Waals surface area contributed by atoms with E-state index in [-0.39, 0.29) is 24.0 Å². The topological polar surface area (TPSA) is 66.9 Å². The lowest BCUT2D eigenvalue weighted by molar-refractivity contribution is -0.147. The Kier molecular flexibility index (Phi) is 5.23. The van der Waals surface area contributed by atoms with Gasteiger partial charge in [-0.3, -0.25) is 19.3 Å². The molecule has 0 aliphatic carbocycles. The van der Waals surface area contributed by atoms with Crippen molar-refractivity contribution >= 4 is 23.5 Å². The standard InChI is InChI=1S/C18H19F3N2O4/c1-27-17(26)11-5-7-22(8-6-11)14-10-15(24)23(16(14)25)13-4-2-3-12(9-13)18(19,20)21/h2-4,9,11,14H,5-8,10H2,1H3/t14-/m1/s1. The van der Waals surface area contributed by atoms with Gasteiger partial charge in [-0.2, -0.15) is 13.2 Å². The number of anilines is 1. The lowest BCUT2D eigenvalue weighted by Crippen LogP contribution is -2.47. The fraction of sp³-hybridized carbons (Fsp3) is 0.500. The predicted octanol–water partition coefficient (Wildman–Crippen LogP) is 2.22. The molecule has 0 radical (unpaired) electrons. The molecule has 1 atom stereocenters. The van der Waals surface area contributed by atoms with Gasteiger partial charge in [-0.05, 0) is 44.1 Å². The summed E-state index contributed by atoms with van der Waals surface area (Å²) in [6, 6.07) is 3.47. The van der Waals surface area contributed by atoms with Gasteiger partial charge in [0.05, 0.1) is 36.7 Å². The number of halogens is 3. The number of piperidine rings is 1. The number of alkyl halides is 3. The molecule has 0 saturated carbocycles. The molecule has 6 nitrogen and oxygen atoms in total. The van der Waals surface area contributed by atoms with Gasteiger partial charge in [0, 0.05) is 0 Å². The Labute approximate surface area is 153 Å². The smallest absolute Gasteiger partial charge is 0.416 e. The van der Waals surface area contributed by atoms with Crippen LogP contribution in [-0.4, -0.2) is 48.9 Å². The molecule has 0 bridgehead atoms. The van der Waals surface area contributed by atoms with Crippen molar-refractivity contribution in [1.29, 1.82) is 0 Å². The number of nitrogens with zero attached hydrogens (tertiary/aromatic N) is 2. The number of hydrogen-bond acceptors (Lipinski definition) is 5. The first kappa shape index (κ1) is 19.3. The summed E-state index contributed by atoms with van der Waals surface area (Å²) in [7, 11) is 1.32. The van der Waals surface area contributed by atoms with Crippen LogP contribution in [0, 0.1) is 5.92 Å². The van der Waals surface area contributed by atoms with E-state index in [1.54, 1.807) is 0 Å². The van der Waals surface area contributed by atoms with Crippen LogP contribution in [0.5, 0.6) is 0 Å². The van der Waals surface area contributed by atoms with Crippen LogP contribution in [0.25, 0.3) is 0 Å². The normalized spacial score (nSPS) is 22.4. The molecule has 2 aliphatic rings. The first-order chi connectivity index (χ1) is 12.7. The van der Waals surface area contributed by atoms with E-state index in [1.807, 2.05) is 4.90 Å². The number of methoxy groups -OCH3 is 1. The SMILES string of the molecule is COC(=O)C1CCN([C@@H]2CC(=O)N(c3cccc(C(F)(F)F)c3)C2=O)CC1. The summed E-state index contributed by atoms with van der Waals surface area (Å²) in [6.07, 6.45) is -3.63. The van der Waals surface area contributed by atoms with Gasteiger partial charge >= 0.3 is 12.1 Å². The van der Waals surface area contributed by atoms with Crippen molar-refractivity contribution < 1.29 is 32.3 Å². The molecule has 1 aromatic rings. The third kappa shape index (κ3) is 3.83. The molecule has 3 rings (SSSR count). The van der Waals surface area contributed by atoms with Gasteiger partial charge in [0.25, 0.3) is 5.91 Å². The average molecular weight is 384 g/mol. The molecule has 0 spiro atoms. The number of amides is 2. The predicted molar refractivity (Wildman–Crippen MR) is 88.7 cm³/mol. The fourth-order valence-electron chi connectivity index (χ4n) is 3.61. The minimum Gasteiger partial charge on any atom is -0.469 e. The number of esters is 1. The van der Waals surface area contributed by atoms with Gasteiger partial charge in [0.2, 0.25) is 5.91 Å². The number of carbonyl (C=O) groups is 3. The fourth-order valence-corrected chi connectivity index (χ4v) is 3.61. The van der Waals surface area contributed by atoms with E-state index in [1.165, 1.54) is 19.2 Å². The molecule has 9 heteroatoms. The molecule has 1 aromatic carbocycles. The minimum absolute atomic E-state index is 0.0771. The summed E-state index contributed by atoms with van der Waals surface area (Å²) in [5.41, 5.74) is -0.991. The molecule has 2 aliphatic heterocycles. The van der Waals surface area contributed by atoms with Gasteiger partial charge in [0.15, 0.2) is 0 Å². The molecule has 0 N–H and O–H groups in total. The van der Waals surface area contributed by atoms with E-state index >= 15 is 0 Å². The van der Waals surface area contributed by atoms with Gasteiger partial charge < -0.3 is 4.74 Å². The molecule has 0 unspecified atom stereocenters. The first-order valence-corrected chi connectivity index (χ1v) is 8.58. The lowest BCUT2D eigenvalue weighted by atomic mass is 9.95. The molecule has 2 heterocycles. The number of hydrogen-bond donors (Lipinski definition) is 0. The van der Waals surface area contributed by atoms with E-state index in [4.69, 9.17) is 4.74 Å². The average Bonchev–Trinajstić information content (AvgIpc) is 2.95. The highest BCUT2D eigenvalue weighted by atomic mass is 19.4. The molecular weight excluding hydrogens is 365 g/mol. The van der Waals surface area contributed by atoms with Crippen molar-refractivity contribution in [1.82, 2.24) is 4.90 Å². The number of rotatable bonds is 3. The van der Waals surface area contributed by atoms with E-state index in [0.717, 1.165) is 17.0 Å². The number of likely N-dealkylation sites (tertiary alicyclic amines) is 1. The van der Waals surface area contributed by atoms with Crippen molar-refractivity contribution in [2.24, 2.45) is 5.92 Å².